The maximum absolute atomic E-state index is 11.3. The fourth-order valence-electron chi connectivity index (χ4n) is 1.59. The first-order valence-electron chi connectivity index (χ1n) is 5.95. The molecular formula is C14H21NO3. The summed E-state index contributed by atoms with van der Waals surface area (Å²) in [6.45, 7) is 7.42. The van der Waals surface area contributed by atoms with Gasteiger partial charge in [0, 0.05) is 12.8 Å². The predicted molar refractivity (Wildman–Crippen MR) is 70.5 cm³/mol. The molecule has 0 aliphatic rings. The normalized spacial score (nSPS) is 14.0. The maximum atomic E-state index is 11.3. The summed E-state index contributed by atoms with van der Waals surface area (Å²) >= 11 is 0. The SMILES string of the molecule is C#CCNC(=O)/C=C/[C@@H](C)[C@H](OC(C)=O)C(C)C. The quantitative estimate of drug-likeness (QED) is 0.442. The van der Waals surface area contributed by atoms with E-state index in [1.54, 1.807) is 6.08 Å². The second-order valence-electron chi connectivity index (χ2n) is 4.46. The number of rotatable bonds is 6. The van der Waals surface area contributed by atoms with Gasteiger partial charge in [-0.1, -0.05) is 32.8 Å². The first-order chi connectivity index (χ1) is 8.38. The van der Waals surface area contributed by atoms with Crippen molar-refractivity contribution in [1.29, 1.82) is 0 Å². The standard InChI is InChI=1S/C14H21NO3/c1-6-9-15-13(17)8-7-11(4)14(10(2)3)18-12(5)16/h1,7-8,10-11,14H,9H2,2-5H3,(H,15,17)/b8-7+/t11-,14-/m1/s1. The van der Waals surface area contributed by atoms with Crippen LogP contribution >= 0.6 is 0 Å². The van der Waals surface area contributed by atoms with Gasteiger partial charge in [0.1, 0.15) is 6.10 Å². The first kappa shape index (κ1) is 16.2. The molecule has 0 fully saturated rings. The van der Waals surface area contributed by atoms with Crippen LogP contribution < -0.4 is 5.32 Å². The predicted octanol–water partition coefficient (Wildman–Crippen LogP) is 1.52. The van der Waals surface area contributed by atoms with Gasteiger partial charge in [0.15, 0.2) is 0 Å². The molecule has 4 heteroatoms. The Hall–Kier alpha value is -1.76. The zero-order valence-electron chi connectivity index (χ0n) is 11.4. The highest BCUT2D eigenvalue weighted by atomic mass is 16.5. The van der Waals surface area contributed by atoms with Gasteiger partial charge < -0.3 is 10.1 Å². The molecule has 0 heterocycles. The molecule has 18 heavy (non-hydrogen) atoms. The van der Waals surface area contributed by atoms with Crippen LogP contribution in [0.15, 0.2) is 12.2 Å². The summed E-state index contributed by atoms with van der Waals surface area (Å²) in [6.07, 6.45) is 7.93. The molecule has 0 radical (unpaired) electrons. The van der Waals surface area contributed by atoms with E-state index >= 15 is 0 Å². The number of amides is 1. The van der Waals surface area contributed by atoms with Gasteiger partial charge in [0.25, 0.3) is 0 Å². The van der Waals surface area contributed by atoms with Crippen LogP contribution in [0, 0.1) is 24.2 Å². The molecule has 1 amide bonds. The molecular weight excluding hydrogens is 230 g/mol. The zero-order valence-corrected chi connectivity index (χ0v) is 11.4. The van der Waals surface area contributed by atoms with Gasteiger partial charge in [-0.2, -0.15) is 0 Å². The number of hydrogen-bond donors (Lipinski definition) is 1. The number of carbonyl (C=O) groups excluding carboxylic acids is 2. The molecule has 0 aromatic carbocycles. The van der Waals surface area contributed by atoms with E-state index in [1.165, 1.54) is 13.0 Å². The topological polar surface area (TPSA) is 55.4 Å². The molecule has 0 rings (SSSR count). The van der Waals surface area contributed by atoms with E-state index in [2.05, 4.69) is 11.2 Å². The van der Waals surface area contributed by atoms with Crippen molar-refractivity contribution in [1.82, 2.24) is 5.32 Å². The minimum absolute atomic E-state index is 0.0366. The van der Waals surface area contributed by atoms with Crippen LogP contribution in [0.5, 0.6) is 0 Å². The highest BCUT2D eigenvalue weighted by Crippen LogP contribution is 2.18. The van der Waals surface area contributed by atoms with Gasteiger partial charge in [0.05, 0.1) is 6.54 Å². The summed E-state index contributed by atoms with van der Waals surface area (Å²) in [5, 5.41) is 2.53. The summed E-state index contributed by atoms with van der Waals surface area (Å²) in [5.74, 6) is 1.90. The second kappa shape index (κ2) is 8.35. The molecule has 0 spiro atoms. The van der Waals surface area contributed by atoms with Crippen molar-refractivity contribution in [2.75, 3.05) is 6.54 Å². The summed E-state index contributed by atoms with van der Waals surface area (Å²) < 4.78 is 5.23. The molecule has 0 aliphatic heterocycles. The van der Waals surface area contributed by atoms with E-state index in [1.807, 2.05) is 20.8 Å². The molecule has 0 aliphatic carbocycles. The van der Waals surface area contributed by atoms with Crippen molar-refractivity contribution in [3.8, 4) is 12.3 Å². The minimum Gasteiger partial charge on any atom is -0.462 e. The molecule has 1 N–H and O–H groups in total. The van der Waals surface area contributed by atoms with Crippen molar-refractivity contribution in [2.45, 2.75) is 33.8 Å². The fourth-order valence-corrected chi connectivity index (χ4v) is 1.59. The Morgan fingerprint density at radius 2 is 2.00 bits per heavy atom. The van der Waals surface area contributed by atoms with Gasteiger partial charge in [-0.25, -0.2) is 0 Å². The summed E-state index contributed by atoms with van der Waals surface area (Å²) in [4.78, 5) is 22.3. The average Bonchev–Trinajstić information content (AvgIpc) is 2.29. The largest absolute Gasteiger partial charge is 0.462 e. The molecule has 0 saturated carbocycles. The number of hydrogen-bond acceptors (Lipinski definition) is 3. The third kappa shape index (κ3) is 6.74. The van der Waals surface area contributed by atoms with Gasteiger partial charge >= 0.3 is 5.97 Å². The van der Waals surface area contributed by atoms with Crippen LogP contribution in [0.1, 0.15) is 27.7 Å². The van der Waals surface area contributed by atoms with Crippen molar-refractivity contribution < 1.29 is 14.3 Å². The highest BCUT2D eigenvalue weighted by Gasteiger charge is 2.21. The van der Waals surface area contributed by atoms with Crippen LogP contribution in [0.2, 0.25) is 0 Å². The van der Waals surface area contributed by atoms with E-state index in [0.29, 0.717) is 0 Å². The van der Waals surface area contributed by atoms with Crippen molar-refractivity contribution in [3.63, 3.8) is 0 Å². The average molecular weight is 251 g/mol. The number of terminal acetylenes is 1. The lowest BCUT2D eigenvalue weighted by Gasteiger charge is -2.24. The van der Waals surface area contributed by atoms with Crippen molar-refractivity contribution in [2.24, 2.45) is 11.8 Å². The Morgan fingerprint density at radius 3 is 2.44 bits per heavy atom. The van der Waals surface area contributed by atoms with Crippen LogP contribution in [0.25, 0.3) is 0 Å². The van der Waals surface area contributed by atoms with E-state index in [-0.39, 0.29) is 36.4 Å². The van der Waals surface area contributed by atoms with E-state index in [0.717, 1.165) is 0 Å². The van der Waals surface area contributed by atoms with Gasteiger partial charge in [0.2, 0.25) is 5.91 Å². The molecule has 100 valence electrons. The maximum Gasteiger partial charge on any atom is 0.302 e. The van der Waals surface area contributed by atoms with Crippen molar-refractivity contribution >= 4 is 11.9 Å². The molecule has 0 unspecified atom stereocenters. The van der Waals surface area contributed by atoms with Crippen LogP contribution in [-0.2, 0) is 14.3 Å². The lowest BCUT2D eigenvalue weighted by atomic mass is 9.94. The summed E-state index contributed by atoms with van der Waals surface area (Å²) in [7, 11) is 0. The molecule has 0 bridgehead atoms. The smallest absolute Gasteiger partial charge is 0.302 e. The third-order valence-electron chi connectivity index (χ3n) is 2.39. The minimum atomic E-state index is -0.314. The second-order valence-corrected chi connectivity index (χ2v) is 4.46. The Morgan fingerprint density at radius 1 is 1.39 bits per heavy atom. The van der Waals surface area contributed by atoms with Gasteiger partial charge in [-0.15, -0.1) is 6.42 Å². The highest BCUT2D eigenvalue weighted by molar-refractivity contribution is 5.87. The summed E-state index contributed by atoms with van der Waals surface area (Å²) in [5.41, 5.74) is 0. The molecule has 0 aromatic heterocycles. The zero-order chi connectivity index (χ0) is 14.1. The van der Waals surface area contributed by atoms with E-state index < -0.39 is 0 Å². The number of esters is 1. The van der Waals surface area contributed by atoms with E-state index in [4.69, 9.17) is 11.2 Å². The van der Waals surface area contributed by atoms with Crippen LogP contribution in [0.3, 0.4) is 0 Å². The van der Waals surface area contributed by atoms with Crippen molar-refractivity contribution in [3.05, 3.63) is 12.2 Å². The summed E-state index contributed by atoms with van der Waals surface area (Å²) in [6, 6.07) is 0. The molecule has 2 atom stereocenters. The Kier molecular flexibility index (Phi) is 7.53. The monoisotopic (exact) mass is 251 g/mol. The van der Waals surface area contributed by atoms with Gasteiger partial charge in [-0.05, 0) is 12.0 Å². The number of nitrogens with one attached hydrogen (secondary N) is 1. The number of carbonyl (C=O) groups is 2. The molecule has 0 aromatic rings. The Balaban J connectivity index is 4.46. The first-order valence-corrected chi connectivity index (χ1v) is 5.95. The molecule has 4 nitrogen and oxygen atoms in total. The third-order valence-corrected chi connectivity index (χ3v) is 2.39. The fraction of sp³-hybridized carbons (Fsp3) is 0.571. The van der Waals surface area contributed by atoms with Crippen LogP contribution in [0.4, 0.5) is 0 Å². The van der Waals surface area contributed by atoms with E-state index in [9.17, 15) is 9.59 Å². The van der Waals surface area contributed by atoms with Crippen LogP contribution in [-0.4, -0.2) is 24.5 Å². The molecule has 0 saturated heterocycles. The lowest BCUT2D eigenvalue weighted by molar-refractivity contribution is -0.150. The Bertz CT molecular complexity index is 353. The van der Waals surface area contributed by atoms with Gasteiger partial charge in [-0.3, -0.25) is 9.59 Å². The number of ether oxygens (including phenoxy) is 1. The lowest BCUT2D eigenvalue weighted by Crippen LogP contribution is -2.29. The Labute approximate surface area is 109 Å².